The SMILES string of the molecule is COC(=O)c1cc(C(=O)OC)n(CCN2CCOC3C[C@H](CO)C[C@@H]32)n1.O=CO. The highest BCUT2D eigenvalue weighted by atomic mass is 16.5. The number of morpholine rings is 1. The Morgan fingerprint density at radius 1 is 1.28 bits per heavy atom. The molecule has 1 aromatic heterocycles. The van der Waals surface area contributed by atoms with Gasteiger partial charge in [-0.05, 0) is 18.8 Å². The third-order valence-electron chi connectivity index (χ3n) is 5.18. The number of hydrogen-bond donors (Lipinski definition) is 2. The summed E-state index contributed by atoms with van der Waals surface area (Å²) in [7, 11) is 2.56. The van der Waals surface area contributed by atoms with Crippen molar-refractivity contribution in [2.45, 2.75) is 31.5 Å². The second kappa shape index (κ2) is 10.9. The van der Waals surface area contributed by atoms with Gasteiger partial charge in [0.1, 0.15) is 5.69 Å². The summed E-state index contributed by atoms with van der Waals surface area (Å²) in [6, 6.07) is 1.65. The lowest BCUT2D eigenvalue weighted by molar-refractivity contribution is -0.122. The lowest BCUT2D eigenvalue weighted by atomic mass is 10.1. The molecule has 2 N–H and O–H groups in total. The third-order valence-corrected chi connectivity index (χ3v) is 5.18. The van der Waals surface area contributed by atoms with Crippen LogP contribution in [0.1, 0.15) is 33.8 Å². The molecule has 11 nitrogen and oxygen atoms in total. The fourth-order valence-corrected chi connectivity index (χ4v) is 3.84. The second-order valence-electron chi connectivity index (χ2n) is 6.76. The van der Waals surface area contributed by atoms with Gasteiger partial charge in [0.05, 0.1) is 33.5 Å². The lowest BCUT2D eigenvalue weighted by Gasteiger charge is -2.37. The quantitative estimate of drug-likeness (QED) is 0.469. The predicted molar refractivity (Wildman–Crippen MR) is 98.5 cm³/mol. The first kappa shape index (κ1) is 22.8. The number of methoxy groups -OCH3 is 2. The number of hydrogen-bond acceptors (Lipinski definition) is 9. The van der Waals surface area contributed by atoms with E-state index in [1.54, 1.807) is 0 Å². The van der Waals surface area contributed by atoms with E-state index in [2.05, 4.69) is 14.7 Å². The number of aromatic nitrogens is 2. The van der Waals surface area contributed by atoms with E-state index in [0.29, 0.717) is 19.7 Å². The van der Waals surface area contributed by atoms with Gasteiger partial charge in [0.15, 0.2) is 5.69 Å². The predicted octanol–water partition coefficient (Wildman–Crippen LogP) is -0.371. The zero-order valence-corrected chi connectivity index (χ0v) is 16.5. The molecule has 0 amide bonds. The molecule has 3 atom stereocenters. The van der Waals surface area contributed by atoms with E-state index in [-0.39, 0.29) is 42.5 Å². The van der Waals surface area contributed by atoms with Crippen molar-refractivity contribution >= 4 is 18.4 Å². The molecule has 1 unspecified atom stereocenters. The Morgan fingerprint density at radius 2 is 1.97 bits per heavy atom. The van der Waals surface area contributed by atoms with E-state index in [1.165, 1.54) is 25.0 Å². The van der Waals surface area contributed by atoms with Gasteiger partial charge in [0, 0.05) is 31.8 Å². The Morgan fingerprint density at radius 3 is 2.59 bits per heavy atom. The maximum Gasteiger partial charge on any atom is 0.358 e. The molecule has 1 aliphatic carbocycles. The summed E-state index contributed by atoms with van der Waals surface area (Å²) < 4.78 is 16.8. The minimum Gasteiger partial charge on any atom is -0.483 e. The number of aliphatic hydroxyl groups is 1. The summed E-state index contributed by atoms with van der Waals surface area (Å²) in [5.74, 6) is -0.873. The average molecular weight is 413 g/mol. The van der Waals surface area contributed by atoms with Crippen molar-refractivity contribution in [1.29, 1.82) is 0 Å². The van der Waals surface area contributed by atoms with Crippen molar-refractivity contribution in [3.05, 3.63) is 17.5 Å². The highest BCUT2D eigenvalue weighted by Crippen LogP contribution is 2.33. The number of fused-ring (bicyclic) bond motifs is 1. The van der Waals surface area contributed by atoms with Gasteiger partial charge in [-0.3, -0.25) is 14.4 Å². The van der Waals surface area contributed by atoms with Crippen LogP contribution in [0.5, 0.6) is 0 Å². The van der Waals surface area contributed by atoms with Crippen LogP contribution in [0.4, 0.5) is 0 Å². The molecule has 1 aliphatic heterocycles. The molecule has 1 saturated carbocycles. The van der Waals surface area contributed by atoms with Gasteiger partial charge in [-0.2, -0.15) is 5.10 Å². The normalized spacial score (nSPS) is 23.5. The van der Waals surface area contributed by atoms with Crippen molar-refractivity contribution in [2.75, 3.05) is 40.5 Å². The summed E-state index contributed by atoms with van der Waals surface area (Å²) in [6.07, 6.45) is 1.92. The van der Waals surface area contributed by atoms with Crippen LogP contribution in [-0.2, 0) is 25.5 Å². The van der Waals surface area contributed by atoms with Crippen LogP contribution in [0.2, 0.25) is 0 Å². The Kier molecular flexibility index (Phi) is 8.55. The first-order valence-electron chi connectivity index (χ1n) is 9.27. The zero-order valence-electron chi connectivity index (χ0n) is 16.5. The molecule has 162 valence electrons. The van der Waals surface area contributed by atoms with Crippen LogP contribution in [-0.4, -0.2) is 96.0 Å². The van der Waals surface area contributed by atoms with Crippen molar-refractivity contribution in [3.8, 4) is 0 Å². The summed E-state index contributed by atoms with van der Waals surface area (Å²) in [5.41, 5.74) is 0.298. The molecular weight excluding hydrogens is 386 g/mol. The minimum atomic E-state index is -0.595. The van der Waals surface area contributed by atoms with Crippen molar-refractivity contribution in [2.24, 2.45) is 5.92 Å². The maximum atomic E-state index is 12.0. The van der Waals surface area contributed by atoms with Crippen LogP contribution < -0.4 is 0 Å². The number of ether oxygens (including phenoxy) is 3. The van der Waals surface area contributed by atoms with Gasteiger partial charge in [0.2, 0.25) is 0 Å². The van der Waals surface area contributed by atoms with E-state index in [9.17, 15) is 14.7 Å². The molecule has 1 aromatic rings. The molecule has 3 rings (SSSR count). The maximum absolute atomic E-state index is 12.0. The lowest BCUT2D eigenvalue weighted by Crippen LogP contribution is -2.49. The number of carbonyl (C=O) groups excluding carboxylic acids is 2. The number of esters is 2. The molecule has 2 aliphatic rings. The highest BCUT2D eigenvalue weighted by molar-refractivity contribution is 5.93. The number of carbonyl (C=O) groups is 3. The van der Waals surface area contributed by atoms with E-state index in [0.717, 1.165) is 19.4 Å². The molecule has 0 aromatic carbocycles. The summed E-state index contributed by atoms with van der Waals surface area (Å²) in [5, 5.41) is 20.5. The summed E-state index contributed by atoms with van der Waals surface area (Å²) in [6.45, 7) is 2.47. The summed E-state index contributed by atoms with van der Waals surface area (Å²) in [4.78, 5) is 34.4. The monoisotopic (exact) mass is 413 g/mol. The fraction of sp³-hybridized carbons (Fsp3) is 0.667. The Hall–Kier alpha value is -2.50. The molecular formula is C18H27N3O8. The smallest absolute Gasteiger partial charge is 0.358 e. The van der Waals surface area contributed by atoms with Crippen molar-refractivity contribution in [1.82, 2.24) is 14.7 Å². The van der Waals surface area contributed by atoms with Gasteiger partial charge in [0.25, 0.3) is 6.47 Å². The molecule has 2 heterocycles. The Labute approximate surface area is 168 Å². The van der Waals surface area contributed by atoms with Crippen molar-refractivity contribution in [3.63, 3.8) is 0 Å². The summed E-state index contributed by atoms with van der Waals surface area (Å²) >= 11 is 0. The van der Waals surface area contributed by atoms with Crippen LogP contribution >= 0.6 is 0 Å². The topological polar surface area (TPSA) is 140 Å². The number of rotatable bonds is 6. The largest absolute Gasteiger partial charge is 0.483 e. The van der Waals surface area contributed by atoms with Gasteiger partial charge < -0.3 is 24.4 Å². The molecule has 29 heavy (non-hydrogen) atoms. The number of aliphatic hydroxyl groups excluding tert-OH is 1. The molecule has 11 heteroatoms. The highest BCUT2D eigenvalue weighted by Gasteiger charge is 2.40. The van der Waals surface area contributed by atoms with Gasteiger partial charge >= 0.3 is 11.9 Å². The van der Waals surface area contributed by atoms with E-state index >= 15 is 0 Å². The van der Waals surface area contributed by atoms with E-state index < -0.39 is 11.9 Å². The van der Waals surface area contributed by atoms with Crippen LogP contribution in [0.25, 0.3) is 0 Å². The number of nitrogens with zero attached hydrogens (tertiary/aromatic N) is 3. The minimum absolute atomic E-state index is 0.0777. The fourth-order valence-electron chi connectivity index (χ4n) is 3.84. The first-order valence-corrected chi connectivity index (χ1v) is 9.27. The zero-order chi connectivity index (χ0) is 21.4. The standard InChI is InChI=1S/C17H25N3O6.CH2O2/c1-24-16(22)12-9-14(17(23)25-2)20(18-12)4-3-19-5-6-26-15-8-11(10-21)7-13(15)19;2-1-3/h9,11,13,15,21H,3-8,10H2,1-2H3;1H,(H,2,3)/t11-,13+,15?;/m1./s1. The van der Waals surface area contributed by atoms with E-state index in [1.807, 2.05) is 0 Å². The van der Waals surface area contributed by atoms with Gasteiger partial charge in [-0.15, -0.1) is 0 Å². The van der Waals surface area contributed by atoms with Gasteiger partial charge in [-0.25, -0.2) is 9.59 Å². The molecule has 0 spiro atoms. The van der Waals surface area contributed by atoms with Crippen LogP contribution in [0.3, 0.4) is 0 Å². The third kappa shape index (κ3) is 5.52. The van der Waals surface area contributed by atoms with Gasteiger partial charge in [-0.1, -0.05) is 0 Å². The van der Waals surface area contributed by atoms with Crippen LogP contribution in [0, 0.1) is 5.92 Å². The van der Waals surface area contributed by atoms with Crippen molar-refractivity contribution < 1.29 is 38.8 Å². The Bertz CT molecular complexity index is 707. The second-order valence-corrected chi connectivity index (χ2v) is 6.76. The first-order chi connectivity index (χ1) is 14.0. The molecule has 1 saturated heterocycles. The van der Waals surface area contributed by atoms with E-state index in [4.69, 9.17) is 19.4 Å². The Balaban J connectivity index is 0.000000941. The molecule has 0 bridgehead atoms. The number of carboxylic acid groups (broad SMARTS) is 1. The van der Waals surface area contributed by atoms with Crippen LogP contribution in [0.15, 0.2) is 6.07 Å². The average Bonchev–Trinajstić information content (AvgIpc) is 3.36. The molecule has 2 fully saturated rings. The molecule has 0 radical (unpaired) electrons.